The molecule has 0 radical (unpaired) electrons. The number of nitrogens with zero attached hydrogens (tertiary/aromatic N) is 2. The molecule has 41 heavy (non-hydrogen) atoms. The fraction of sp³-hybridized carbons (Fsp3) is 0.500. The van der Waals surface area contributed by atoms with Crippen LogP contribution < -0.4 is 33.0 Å². The molecule has 17 heteroatoms. The van der Waals surface area contributed by atoms with Gasteiger partial charge in [0.1, 0.15) is 35.5 Å². The summed E-state index contributed by atoms with van der Waals surface area (Å²) in [5, 5.41) is 48.5. The molecule has 2 aliphatic rings. The van der Waals surface area contributed by atoms with Crippen molar-refractivity contribution in [2.75, 3.05) is 26.5 Å². The molecule has 0 aliphatic carbocycles. The molecule has 0 aromatic carbocycles. The van der Waals surface area contributed by atoms with E-state index in [1.54, 1.807) is 24.5 Å². The highest BCUT2D eigenvalue weighted by Crippen LogP contribution is 2.38. The van der Waals surface area contributed by atoms with E-state index in [1.807, 2.05) is 0 Å². The van der Waals surface area contributed by atoms with Gasteiger partial charge in [0.15, 0.2) is 44.4 Å². The maximum absolute atomic E-state index is 11.6. The number of aromatic nitrogens is 2. The van der Waals surface area contributed by atoms with E-state index in [2.05, 4.69) is 0 Å². The summed E-state index contributed by atoms with van der Waals surface area (Å²) in [4.78, 5) is 22.2. The van der Waals surface area contributed by atoms with E-state index < -0.39 is 74.9 Å². The van der Waals surface area contributed by atoms with Crippen molar-refractivity contribution in [2.24, 2.45) is 11.5 Å². The molecule has 2 aromatic heterocycles. The second-order valence-corrected chi connectivity index (χ2v) is 12.4. The van der Waals surface area contributed by atoms with Crippen LogP contribution in [0.4, 0.5) is 0 Å². The number of nitrogens with two attached hydrogens (primary N) is 2. The van der Waals surface area contributed by atoms with Gasteiger partial charge in [0.2, 0.25) is 0 Å². The Labute approximate surface area is 241 Å². The number of halogens is 1. The second-order valence-electron chi connectivity index (χ2n) is 9.63. The highest BCUT2D eigenvalue weighted by Gasteiger charge is 2.49. The van der Waals surface area contributed by atoms with Gasteiger partial charge in [0, 0.05) is 25.5 Å². The molecule has 4 heterocycles. The Morgan fingerprint density at radius 2 is 1.27 bits per heavy atom. The Morgan fingerprint density at radius 1 is 0.854 bits per heavy atom. The van der Waals surface area contributed by atoms with Crippen molar-refractivity contribution >= 4 is 19.2 Å². The molecule has 8 unspecified atom stereocenters. The number of ether oxygens (including phenoxy) is 2. The summed E-state index contributed by atoms with van der Waals surface area (Å²) < 4.78 is 30.5. The zero-order valence-corrected chi connectivity index (χ0v) is 23.9. The number of hydrogen-bond acceptors (Lipinski definition) is 11. The molecule has 8 atom stereocenters. The Balaban J connectivity index is 0.000000285. The van der Waals surface area contributed by atoms with Gasteiger partial charge in [-0.3, -0.25) is 14.2 Å². The summed E-state index contributed by atoms with van der Waals surface area (Å²) in [5.74, 6) is -1.21. The van der Waals surface area contributed by atoms with Crippen LogP contribution in [0.5, 0.6) is 0 Å². The molecule has 2 aromatic rings. The number of aliphatic hydroxyl groups is 5. The van der Waals surface area contributed by atoms with Gasteiger partial charge < -0.3 is 63.4 Å². The molecular weight excluding hydrogens is 587 g/mol. The minimum Gasteiger partial charge on any atom is -1.00 e. The Bertz CT molecular complexity index is 1250. The fourth-order valence-corrected chi connectivity index (χ4v) is 4.59. The van der Waals surface area contributed by atoms with Crippen LogP contribution in [-0.4, -0.2) is 101 Å². The lowest BCUT2D eigenvalue weighted by Gasteiger charge is -2.15. The first-order chi connectivity index (χ1) is 18.7. The van der Waals surface area contributed by atoms with Crippen LogP contribution in [0.15, 0.2) is 49.1 Å². The minimum atomic E-state index is -2.72. The van der Waals surface area contributed by atoms with Gasteiger partial charge in [-0.1, -0.05) is 0 Å². The SMILES string of the molecule is CP(C)(=O)OCC1OC([n+]2cccc(C(N)=O)c2)C(O)C1O.NC(=O)c1ccc[n+](C2OC(CO)C(O)C2O)c1.[Cl-]. The molecule has 0 bridgehead atoms. The number of carbonyl (C=O) groups is 2. The normalized spacial score (nSPS) is 29.2. The van der Waals surface area contributed by atoms with E-state index in [9.17, 15) is 34.6 Å². The predicted octanol–water partition coefficient (Wildman–Crippen LogP) is -6.06. The van der Waals surface area contributed by atoms with E-state index in [0.717, 1.165) is 0 Å². The van der Waals surface area contributed by atoms with Gasteiger partial charge in [-0.2, -0.15) is 9.13 Å². The number of pyridine rings is 2. The molecule has 0 saturated carbocycles. The molecule has 228 valence electrons. The maximum atomic E-state index is 11.6. The van der Waals surface area contributed by atoms with Gasteiger partial charge in [-0.15, -0.1) is 0 Å². The summed E-state index contributed by atoms with van der Waals surface area (Å²) >= 11 is 0. The molecule has 0 spiro atoms. The molecule has 2 aliphatic heterocycles. The molecule has 2 saturated heterocycles. The van der Waals surface area contributed by atoms with Crippen molar-refractivity contribution < 1.29 is 75.2 Å². The summed E-state index contributed by atoms with van der Waals surface area (Å²) in [6.45, 7) is 2.40. The van der Waals surface area contributed by atoms with Crippen molar-refractivity contribution in [2.45, 2.75) is 49.1 Å². The van der Waals surface area contributed by atoms with Crippen LogP contribution >= 0.6 is 7.37 Å². The van der Waals surface area contributed by atoms with Gasteiger partial charge in [0.25, 0.3) is 24.3 Å². The Morgan fingerprint density at radius 3 is 1.63 bits per heavy atom. The van der Waals surface area contributed by atoms with Gasteiger partial charge >= 0.3 is 0 Å². The first kappa shape index (κ1) is 34.6. The smallest absolute Gasteiger partial charge is 0.292 e. The summed E-state index contributed by atoms with van der Waals surface area (Å²) in [6, 6.07) is 6.22. The van der Waals surface area contributed by atoms with Gasteiger partial charge in [0.05, 0.1) is 13.2 Å². The molecule has 2 fully saturated rings. The molecule has 9 N–H and O–H groups in total. The van der Waals surface area contributed by atoms with Gasteiger partial charge in [-0.05, 0) is 12.1 Å². The molecule has 15 nitrogen and oxygen atoms in total. The maximum Gasteiger partial charge on any atom is 0.292 e. The predicted molar refractivity (Wildman–Crippen MR) is 135 cm³/mol. The summed E-state index contributed by atoms with van der Waals surface area (Å²) in [6.07, 6.45) is -2.19. The van der Waals surface area contributed by atoms with Crippen molar-refractivity contribution in [3.8, 4) is 0 Å². The van der Waals surface area contributed by atoms with Gasteiger partial charge in [-0.25, -0.2) is 0 Å². The highest BCUT2D eigenvalue weighted by atomic mass is 35.5. The average Bonchev–Trinajstić information content (AvgIpc) is 3.37. The largest absolute Gasteiger partial charge is 1.00 e. The lowest BCUT2D eigenvalue weighted by molar-refractivity contribution is -0.766. The van der Waals surface area contributed by atoms with Crippen LogP contribution in [0.3, 0.4) is 0 Å². The summed E-state index contributed by atoms with van der Waals surface area (Å²) in [5.41, 5.74) is 10.9. The van der Waals surface area contributed by atoms with E-state index in [0.29, 0.717) is 0 Å². The number of hydrogen-bond donors (Lipinski definition) is 7. The second kappa shape index (κ2) is 14.6. The first-order valence-electron chi connectivity index (χ1n) is 12.2. The third-order valence-electron chi connectivity index (χ3n) is 6.21. The number of carbonyl (C=O) groups excluding carboxylic acids is 2. The van der Waals surface area contributed by atoms with Crippen molar-refractivity contribution in [3.63, 3.8) is 0 Å². The highest BCUT2D eigenvalue weighted by molar-refractivity contribution is 7.57. The van der Waals surface area contributed by atoms with Crippen LogP contribution in [-0.2, 0) is 18.6 Å². The zero-order chi connectivity index (χ0) is 29.8. The third-order valence-corrected chi connectivity index (χ3v) is 6.98. The minimum absolute atomic E-state index is 0. The first-order valence-corrected chi connectivity index (χ1v) is 14.7. The monoisotopic (exact) mass is 621 g/mol. The van der Waals surface area contributed by atoms with E-state index in [4.69, 9.17) is 30.6 Å². The number of primary amides is 2. The molecule has 2 amide bonds. The van der Waals surface area contributed by atoms with Crippen LogP contribution in [0.2, 0.25) is 0 Å². The van der Waals surface area contributed by atoms with Crippen molar-refractivity contribution in [1.82, 2.24) is 0 Å². The van der Waals surface area contributed by atoms with Crippen molar-refractivity contribution in [3.05, 3.63) is 60.2 Å². The standard InChI is InChI=1S/C13H19N2O6P.C11H14N2O5.ClH/c1-22(2,19)20-7-9-10(16)11(17)13(21-9)15-5-3-4-8(6-15)12(14)18;12-10(17)6-2-1-3-13(4-6)11-9(16)8(15)7(5-14)18-11;/h3-6,9-11,13,16-17H,7H2,1-2H3,(H-,14,18);1-4,7-9,11,14-16H,5H2,(H-,12,17);1H/p+1. The zero-order valence-electron chi connectivity index (χ0n) is 22.2. The lowest BCUT2D eigenvalue weighted by atomic mass is 10.1. The van der Waals surface area contributed by atoms with Crippen LogP contribution in [0, 0.1) is 0 Å². The fourth-order valence-electron chi connectivity index (χ4n) is 4.09. The Hall–Kier alpha value is -2.56. The topological polar surface area (TPSA) is 240 Å². The van der Waals surface area contributed by atoms with Crippen molar-refractivity contribution in [1.29, 1.82) is 0 Å². The molecule has 4 rings (SSSR count). The van der Waals surface area contributed by atoms with E-state index in [1.165, 1.54) is 47.0 Å². The number of rotatable bonds is 8. The quantitative estimate of drug-likeness (QED) is 0.108. The van der Waals surface area contributed by atoms with Crippen LogP contribution in [0.1, 0.15) is 33.2 Å². The third kappa shape index (κ3) is 8.72. The number of amides is 2. The lowest BCUT2D eigenvalue weighted by Crippen LogP contribution is -3.00. The number of aliphatic hydroxyl groups excluding tert-OH is 5. The van der Waals surface area contributed by atoms with E-state index in [-0.39, 0.29) is 30.1 Å². The van der Waals surface area contributed by atoms with Crippen LogP contribution in [0.25, 0.3) is 0 Å². The Kier molecular flexibility index (Phi) is 12.3. The average molecular weight is 622 g/mol. The summed E-state index contributed by atoms with van der Waals surface area (Å²) in [7, 11) is -2.72. The van der Waals surface area contributed by atoms with E-state index >= 15 is 0 Å². The molecular formula is C24H35ClN4O11P+.